The first-order valence-electron chi connectivity index (χ1n) is 6.58. The molecular formula is C14H17ClN2O4. The third kappa shape index (κ3) is 3.65. The molecule has 6 nitrogen and oxygen atoms in total. The number of hydrogen-bond acceptors (Lipinski definition) is 3. The van der Waals surface area contributed by atoms with Crippen molar-refractivity contribution in [2.45, 2.75) is 25.5 Å². The van der Waals surface area contributed by atoms with E-state index < -0.39 is 5.97 Å². The number of amides is 2. The average molecular weight is 313 g/mol. The van der Waals surface area contributed by atoms with Crippen molar-refractivity contribution < 1.29 is 19.4 Å². The molecule has 2 N–H and O–H groups in total. The summed E-state index contributed by atoms with van der Waals surface area (Å²) in [6, 6.07) is 3.89. The van der Waals surface area contributed by atoms with Crippen molar-refractivity contribution in [1.29, 1.82) is 0 Å². The second-order valence-corrected chi connectivity index (χ2v) is 5.44. The predicted octanol–water partition coefficient (Wildman–Crippen LogP) is 2.68. The molecular weight excluding hydrogens is 296 g/mol. The minimum Gasteiger partial charge on any atom is -0.478 e. The molecule has 114 valence electrons. The molecule has 0 aromatic heterocycles. The van der Waals surface area contributed by atoms with Crippen LogP contribution in [-0.2, 0) is 4.74 Å². The molecule has 1 fully saturated rings. The minimum atomic E-state index is -1.10. The van der Waals surface area contributed by atoms with Crippen molar-refractivity contribution in [3.05, 3.63) is 28.8 Å². The van der Waals surface area contributed by atoms with Crippen LogP contribution in [0.15, 0.2) is 18.2 Å². The van der Waals surface area contributed by atoms with Gasteiger partial charge in [0.1, 0.15) is 0 Å². The van der Waals surface area contributed by atoms with Crippen LogP contribution in [0.2, 0.25) is 5.02 Å². The first-order valence-corrected chi connectivity index (χ1v) is 6.95. The Balaban J connectivity index is 2.10. The monoisotopic (exact) mass is 312 g/mol. The zero-order valence-corrected chi connectivity index (χ0v) is 12.6. The molecule has 21 heavy (non-hydrogen) atoms. The fraction of sp³-hybridized carbons (Fsp3) is 0.429. The van der Waals surface area contributed by atoms with Gasteiger partial charge in [-0.25, -0.2) is 9.59 Å². The Labute approximate surface area is 127 Å². The first kappa shape index (κ1) is 15.6. The molecule has 2 rings (SSSR count). The fourth-order valence-electron chi connectivity index (χ4n) is 2.38. The topological polar surface area (TPSA) is 78.9 Å². The van der Waals surface area contributed by atoms with Crippen LogP contribution in [0.4, 0.5) is 10.5 Å². The number of urea groups is 1. The summed E-state index contributed by atoms with van der Waals surface area (Å²) in [7, 11) is 1.69. The number of likely N-dealkylation sites (N-methyl/N-ethyl adjacent to an activating group) is 1. The summed E-state index contributed by atoms with van der Waals surface area (Å²) in [4.78, 5) is 24.8. The van der Waals surface area contributed by atoms with Crippen molar-refractivity contribution in [3.8, 4) is 0 Å². The highest BCUT2D eigenvalue weighted by molar-refractivity contribution is 6.31. The second kappa shape index (κ2) is 6.32. The standard InChI is InChI=1S/C14H17ClN2O4/c1-8-12(3-4-21-8)17(2)14(20)16-11-6-9(13(18)19)5-10(15)7-11/h5-8,12H,3-4H2,1-2H3,(H,16,20)(H,18,19). The van der Waals surface area contributed by atoms with Gasteiger partial charge in [-0.3, -0.25) is 0 Å². The molecule has 2 atom stereocenters. The number of nitrogens with zero attached hydrogens (tertiary/aromatic N) is 1. The summed E-state index contributed by atoms with van der Waals surface area (Å²) in [5.41, 5.74) is 0.376. The van der Waals surface area contributed by atoms with E-state index in [4.69, 9.17) is 21.4 Å². The van der Waals surface area contributed by atoms with Gasteiger partial charge < -0.3 is 20.1 Å². The first-order chi connectivity index (χ1) is 9.88. The molecule has 0 saturated carbocycles. The van der Waals surface area contributed by atoms with E-state index in [1.54, 1.807) is 11.9 Å². The number of carboxylic acid groups (broad SMARTS) is 1. The van der Waals surface area contributed by atoms with Crippen LogP contribution in [0.3, 0.4) is 0 Å². The van der Waals surface area contributed by atoms with E-state index in [0.29, 0.717) is 12.3 Å². The third-order valence-electron chi connectivity index (χ3n) is 3.55. The van der Waals surface area contributed by atoms with E-state index in [1.807, 2.05) is 6.92 Å². The second-order valence-electron chi connectivity index (χ2n) is 5.01. The molecule has 0 aliphatic carbocycles. The number of halogens is 1. The number of rotatable bonds is 3. The Hall–Kier alpha value is -1.79. The number of carbonyl (C=O) groups is 2. The van der Waals surface area contributed by atoms with Crippen LogP contribution in [0, 0.1) is 0 Å². The van der Waals surface area contributed by atoms with Crippen LogP contribution >= 0.6 is 11.6 Å². The van der Waals surface area contributed by atoms with E-state index >= 15 is 0 Å². The number of hydrogen-bond donors (Lipinski definition) is 2. The van der Waals surface area contributed by atoms with E-state index in [9.17, 15) is 9.59 Å². The SMILES string of the molecule is CC1OCCC1N(C)C(=O)Nc1cc(Cl)cc(C(=O)O)c1. The normalized spacial score (nSPS) is 21.1. The van der Waals surface area contributed by atoms with Crippen LogP contribution in [0.25, 0.3) is 0 Å². The quantitative estimate of drug-likeness (QED) is 0.899. The van der Waals surface area contributed by atoms with Gasteiger partial charge in [0.15, 0.2) is 0 Å². The number of aromatic carboxylic acids is 1. The Morgan fingerprint density at radius 1 is 1.43 bits per heavy atom. The highest BCUT2D eigenvalue weighted by Crippen LogP contribution is 2.22. The number of nitrogens with one attached hydrogen (secondary N) is 1. The lowest BCUT2D eigenvalue weighted by Crippen LogP contribution is -2.43. The predicted molar refractivity (Wildman–Crippen MR) is 79.0 cm³/mol. The van der Waals surface area contributed by atoms with E-state index in [-0.39, 0.29) is 28.8 Å². The lowest BCUT2D eigenvalue weighted by molar-refractivity contribution is 0.0697. The molecule has 1 aromatic rings. The molecule has 1 heterocycles. The highest BCUT2D eigenvalue weighted by Gasteiger charge is 2.30. The zero-order chi connectivity index (χ0) is 15.6. The maximum atomic E-state index is 12.2. The summed E-state index contributed by atoms with van der Waals surface area (Å²) in [6.07, 6.45) is 0.760. The number of anilines is 1. The van der Waals surface area contributed by atoms with Crippen molar-refractivity contribution >= 4 is 29.3 Å². The molecule has 1 saturated heterocycles. The molecule has 2 unspecified atom stereocenters. The van der Waals surface area contributed by atoms with Gasteiger partial charge in [0.25, 0.3) is 0 Å². The lowest BCUT2D eigenvalue weighted by atomic mass is 10.1. The molecule has 7 heteroatoms. The fourth-order valence-corrected chi connectivity index (χ4v) is 2.61. The summed E-state index contributed by atoms with van der Waals surface area (Å²) < 4.78 is 5.44. The Morgan fingerprint density at radius 2 is 2.14 bits per heavy atom. The Kier molecular flexibility index (Phi) is 4.69. The summed E-state index contributed by atoms with van der Waals surface area (Å²) in [6.45, 7) is 2.55. The van der Waals surface area contributed by atoms with E-state index in [2.05, 4.69) is 5.32 Å². The minimum absolute atomic E-state index is 0.00290. The van der Waals surface area contributed by atoms with Gasteiger partial charge in [0.05, 0.1) is 17.7 Å². The van der Waals surface area contributed by atoms with E-state index in [1.165, 1.54) is 18.2 Å². The van der Waals surface area contributed by atoms with Crippen molar-refractivity contribution in [1.82, 2.24) is 4.90 Å². The van der Waals surface area contributed by atoms with Crippen molar-refractivity contribution in [2.75, 3.05) is 19.0 Å². The van der Waals surface area contributed by atoms with Crippen molar-refractivity contribution in [2.24, 2.45) is 0 Å². The highest BCUT2D eigenvalue weighted by atomic mass is 35.5. The van der Waals surface area contributed by atoms with Gasteiger partial charge in [0.2, 0.25) is 0 Å². The molecule has 1 aliphatic heterocycles. The van der Waals surface area contributed by atoms with Gasteiger partial charge in [-0.05, 0) is 31.5 Å². The maximum absolute atomic E-state index is 12.2. The molecule has 0 spiro atoms. The molecule has 2 amide bonds. The zero-order valence-electron chi connectivity index (χ0n) is 11.8. The molecule has 1 aromatic carbocycles. The summed E-state index contributed by atoms with van der Waals surface area (Å²) in [5, 5.41) is 11.9. The average Bonchev–Trinajstić information content (AvgIpc) is 2.83. The van der Waals surface area contributed by atoms with Gasteiger partial charge >= 0.3 is 12.0 Å². The number of carboxylic acids is 1. The van der Waals surface area contributed by atoms with Crippen LogP contribution in [0.1, 0.15) is 23.7 Å². The van der Waals surface area contributed by atoms with Crippen LogP contribution < -0.4 is 5.32 Å². The lowest BCUT2D eigenvalue weighted by Gasteiger charge is -2.27. The number of ether oxygens (including phenoxy) is 1. The maximum Gasteiger partial charge on any atom is 0.335 e. The summed E-state index contributed by atoms with van der Waals surface area (Å²) >= 11 is 5.86. The molecule has 0 bridgehead atoms. The summed E-state index contributed by atoms with van der Waals surface area (Å²) in [5.74, 6) is -1.10. The van der Waals surface area contributed by atoms with Gasteiger partial charge in [-0.2, -0.15) is 0 Å². The number of benzene rings is 1. The third-order valence-corrected chi connectivity index (χ3v) is 3.77. The van der Waals surface area contributed by atoms with Crippen LogP contribution in [0.5, 0.6) is 0 Å². The van der Waals surface area contributed by atoms with Gasteiger partial charge in [0, 0.05) is 24.4 Å². The molecule has 1 aliphatic rings. The van der Waals surface area contributed by atoms with Gasteiger partial charge in [-0.15, -0.1) is 0 Å². The smallest absolute Gasteiger partial charge is 0.335 e. The molecule has 0 radical (unpaired) electrons. The van der Waals surface area contributed by atoms with Crippen LogP contribution in [-0.4, -0.2) is 47.8 Å². The Morgan fingerprint density at radius 3 is 2.71 bits per heavy atom. The largest absolute Gasteiger partial charge is 0.478 e. The Bertz CT molecular complexity index is 564. The van der Waals surface area contributed by atoms with E-state index in [0.717, 1.165) is 6.42 Å². The van der Waals surface area contributed by atoms with Gasteiger partial charge in [-0.1, -0.05) is 11.6 Å². The van der Waals surface area contributed by atoms with Crippen molar-refractivity contribution in [3.63, 3.8) is 0 Å². The number of carbonyl (C=O) groups excluding carboxylic acids is 1.